The number of hydrogen-bond acceptors (Lipinski definition) is 2. The number of hydrogen-bond donors (Lipinski definition) is 1. The Balaban J connectivity index is 2.06. The molecular formula is C10H15NO2. The van der Waals surface area contributed by atoms with E-state index in [1.165, 1.54) is 12.8 Å². The summed E-state index contributed by atoms with van der Waals surface area (Å²) in [6.07, 6.45) is 4.81. The lowest BCUT2D eigenvalue weighted by Gasteiger charge is -2.23. The van der Waals surface area contributed by atoms with Crippen LogP contribution in [0.2, 0.25) is 0 Å². The fourth-order valence-corrected chi connectivity index (χ4v) is 2.04. The quantitative estimate of drug-likeness (QED) is 0.722. The lowest BCUT2D eigenvalue weighted by atomic mass is 9.82. The molecule has 13 heavy (non-hydrogen) atoms. The van der Waals surface area contributed by atoms with Crippen molar-refractivity contribution < 1.29 is 4.52 Å². The number of H-pyrrole nitrogens is 1. The molecule has 3 heteroatoms. The third kappa shape index (κ3) is 1.85. The Labute approximate surface area is 77.1 Å². The van der Waals surface area contributed by atoms with Crippen LogP contribution in [0.4, 0.5) is 0 Å². The summed E-state index contributed by atoms with van der Waals surface area (Å²) in [4.78, 5) is 10.8. The summed E-state index contributed by atoms with van der Waals surface area (Å²) in [5, 5.41) is 2.35. The van der Waals surface area contributed by atoms with Crippen molar-refractivity contribution in [1.82, 2.24) is 5.16 Å². The fourth-order valence-electron chi connectivity index (χ4n) is 2.04. The maximum atomic E-state index is 10.8. The van der Waals surface area contributed by atoms with E-state index in [0.717, 1.165) is 24.5 Å². The zero-order chi connectivity index (χ0) is 9.26. The van der Waals surface area contributed by atoms with Crippen LogP contribution in [0.1, 0.15) is 44.3 Å². The van der Waals surface area contributed by atoms with Gasteiger partial charge in [0.25, 0.3) is 5.56 Å². The van der Waals surface area contributed by atoms with Crippen LogP contribution in [0.25, 0.3) is 0 Å². The molecule has 3 nitrogen and oxygen atoms in total. The summed E-state index contributed by atoms with van der Waals surface area (Å²) in [6, 6.07) is 1.58. The van der Waals surface area contributed by atoms with Gasteiger partial charge in [0.1, 0.15) is 5.76 Å². The Hall–Kier alpha value is -0.990. The molecule has 0 radical (unpaired) electrons. The van der Waals surface area contributed by atoms with Crippen LogP contribution >= 0.6 is 0 Å². The molecular weight excluding hydrogens is 166 g/mol. The van der Waals surface area contributed by atoms with Crippen LogP contribution in [0.5, 0.6) is 0 Å². The lowest BCUT2D eigenvalue weighted by molar-refractivity contribution is 0.286. The number of aromatic amines is 1. The zero-order valence-corrected chi connectivity index (χ0v) is 7.88. The molecule has 0 bridgehead atoms. The summed E-state index contributed by atoms with van der Waals surface area (Å²) < 4.78 is 5.10. The Morgan fingerprint density at radius 1 is 1.38 bits per heavy atom. The number of aromatic nitrogens is 1. The van der Waals surface area contributed by atoms with Crippen molar-refractivity contribution in [3.8, 4) is 0 Å². The van der Waals surface area contributed by atoms with Gasteiger partial charge in [0.2, 0.25) is 0 Å². The second-order valence-corrected chi connectivity index (χ2v) is 4.07. The second kappa shape index (κ2) is 3.40. The van der Waals surface area contributed by atoms with Crippen molar-refractivity contribution in [1.29, 1.82) is 0 Å². The van der Waals surface area contributed by atoms with Crippen LogP contribution < -0.4 is 5.56 Å². The molecule has 0 aromatic carbocycles. The van der Waals surface area contributed by atoms with Crippen molar-refractivity contribution in [3.05, 3.63) is 22.2 Å². The van der Waals surface area contributed by atoms with Gasteiger partial charge in [-0.1, -0.05) is 19.8 Å². The van der Waals surface area contributed by atoms with E-state index in [1.54, 1.807) is 6.07 Å². The molecule has 0 amide bonds. The smallest absolute Gasteiger partial charge is 0.280 e. The topological polar surface area (TPSA) is 46.0 Å². The molecule has 1 saturated carbocycles. The molecule has 2 rings (SSSR count). The molecule has 0 unspecified atom stereocenters. The van der Waals surface area contributed by atoms with E-state index >= 15 is 0 Å². The van der Waals surface area contributed by atoms with Gasteiger partial charge >= 0.3 is 0 Å². The first-order valence-electron chi connectivity index (χ1n) is 4.94. The Kier molecular flexibility index (Phi) is 2.25. The molecule has 1 aromatic heterocycles. The van der Waals surface area contributed by atoms with E-state index in [1.807, 2.05) is 0 Å². The monoisotopic (exact) mass is 181 g/mol. The van der Waals surface area contributed by atoms with Gasteiger partial charge < -0.3 is 4.52 Å². The minimum absolute atomic E-state index is 0.117. The lowest BCUT2D eigenvalue weighted by Crippen LogP contribution is -2.10. The molecule has 1 N–H and O–H groups in total. The Bertz CT molecular complexity index is 318. The third-order valence-electron chi connectivity index (χ3n) is 2.96. The molecule has 0 aliphatic heterocycles. The van der Waals surface area contributed by atoms with E-state index in [-0.39, 0.29) is 5.56 Å². The zero-order valence-electron chi connectivity index (χ0n) is 7.88. The van der Waals surface area contributed by atoms with Gasteiger partial charge in [0, 0.05) is 12.0 Å². The standard InChI is InChI=1S/C10H15NO2/c1-7-2-4-8(5-3-7)9-6-10(12)11-13-9/h6-8H,2-5H2,1H3,(H,11,12). The normalized spacial score (nSPS) is 29.0. The van der Waals surface area contributed by atoms with E-state index < -0.39 is 0 Å². The molecule has 1 aromatic rings. The van der Waals surface area contributed by atoms with Crippen LogP contribution in [0.15, 0.2) is 15.4 Å². The first-order valence-corrected chi connectivity index (χ1v) is 4.94. The van der Waals surface area contributed by atoms with E-state index in [0.29, 0.717) is 5.92 Å². The highest BCUT2D eigenvalue weighted by Crippen LogP contribution is 2.34. The Morgan fingerprint density at radius 2 is 2.08 bits per heavy atom. The van der Waals surface area contributed by atoms with Gasteiger partial charge in [-0.05, 0) is 18.8 Å². The SMILES string of the molecule is CC1CCC(c2cc(=O)[nH]o2)CC1. The van der Waals surface area contributed by atoms with Gasteiger partial charge in [-0.15, -0.1) is 0 Å². The third-order valence-corrected chi connectivity index (χ3v) is 2.96. The predicted molar refractivity (Wildman–Crippen MR) is 49.7 cm³/mol. The summed E-state index contributed by atoms with van der Waals surface area (Å²) in [5.74, 6) is 2.15. The van der Waals surface area contributed by atoms with Crippen molar-refractivity contribution >= 4 is 0 Å². The largest absolute Gasteiger partial charge is 0.383 e. The summed E-state index contributed by atoms with van der Waals surface area (Å²) in [6.45, 7) is 2.28. The molecule has 1 heterocycles. The van der Waals surface area contributed by atoms with Crippen molar-refractivity contribution in [2.45, 2.75) is 38.5 Å². The average Bonchev–Trinajstić information content (AvgIpc) is 2.53. The number of rotatable bonds is 1. The molecule has 1 fully saturated rings. The first kappa shape index (κ1) is 8.60. The average molecular weight is 181 g/mol. The maximum Gasteiger partial charge on any atom is 0.280 e. The maximum absolute atomic E-state index is 10.8. The van der Waals surface area contributed by atoms with Crippen LogP contribution in [0, 0.1) is 5.92 Å². The highest BCUT2D eigenvalue weighted by atomic mass is 16.5. The van der Waals surface area contributed by atoms with Crippen molar-refractivity contribution in [2.75, 3.05) is 0 Å². The predicted octanol–water partition coefficient (Wildman–Crippen LogP) is 2.26. The minimum atomic E-state index is -0.117. The molecule has 0 atom stereocenters. The van der Waals surface area contributed by atoms with Crippen molar-refractivity contribution in [3.63, 3.8) is 0 Å². The van der Waals surface area contributed by atoms with Crippen LogP contribution in [-0.4, -0.2) is 5.16 Å². The highest BCUT2D eigenvalue weighted by Gasteiger charge is 2.22. The van der Waals surface area contributed by atoms with Crippen LogP contribution in [-0.2, 0) is 0 Å². The van der Waals surface area contributed by atoms with Gasteiger partial charge in [0.05, 0.1) is 0 Å². The van der Waals surface area contributed by atoms with E-state index in [9.17, 15) is 4.79 Å². The van der Waals surface area contributed by atoms with Crippen molar-refractivity contribution in [2.24, 2.45) is 5.92 Å². The molecule has 0 spiro atoms. The second-order valence-electron chi connectivity index (χ2n) is 4.07. The van der Waals surface area contributed by atoms with Gasteiger partial charge in [-0.2, -0.15) is 5.16 Å². The molecule has 0 saturated heterocycles. The summed E-state index contributed by atoms with van der Waals surface area (Å²) >= 11 is 0. The van der Waals surface area contributed by atoms with Gasteiger partial charge in [-0.25, -0.2) is 0 Å². The van der Waals surface area contributed by atoms with E-state index in [4.69, 9.17) is 4.52 Å². The van der Waals surface area contributed by atoms with Gasteiger partial charge in [-0.3, -0.25) is 4.79 Å². The molecule has 1 aliphatic rings. The molecule has 1 aliphatic carbocycles. The van der Waals surface area contributed by atoms with Crippen LogP contribution in [0.3, 0.4) is 0 Å². The molecule has 72 valence electrons. The van der Waals surface area contributed by atoms with Gasteiger partial charge in [0.15, 0.2) is 0 Å². The highest BCUT2D eigenvalue weighted by molar-refractivity contribution is 5.03. The fraction of sp³-hybridized carbons (Fsp3) is 0.700. The Morgan fingerprint density at radius 3 is 2.62 bits per heavy atom. The number of nitrogens with one attached hydrogen (secondary N) is 1. The summed E-state index contributed by atoms with van der Waals surface area (Å²) in [5.41, 5.74) is -0.117. The van der Waals surface area contributed by atoms with E-state index in [2.05, 4.69) is 12.1 Å². The minimum Gasteiger partial charge on any atom is -0.383 e. The summed E-state index contributed by atoms with van der Waals surface area (Å²) in [7, 11) is 0. The first-order chi connectivity index (χ1) is 6.25.